The lowest BCUT2D eigenvalue weighted by Gasteiger charge is -2.18. The molecular weight excluding hydrogens is 276 g/mol. The smallest absolute Gasteiger partial charge is 0.243 e. The zero-order chi connectivity index (χ0) is 15.0. The number of carbonyl (C=O) groups excluding carboxylic acids is 2. The van der Waals surface area contributed by atoms with Crippen LogP contribution in [0.4, 0.5) is 0 Å². The number of aliphatic hydroxyl groups excluding tert-OH is 1. The van der Waals surface area contributed by atoms with Gasteiger partial charge in [-0.15, -0.1) is 11.8 Å². The molecule has 0 aliphatic carbocycles. The first-order valence-electron chi connectivity index (χ1n) is 6.39. The van der Waals surface area contributed by atoms with Gasteiger partial charge in [-0.25, -0.2) is 0 Å². The van der Waals surface area contributed by atoms with E-state index in [4.69, 9.17) is 5.11 Å². The molecule has 1 aromatic carbocycles. The number of rotatable bonds is 7. The van der Waals surface area contributed by atoms with E-state index in [1.165, 1.54) is 18.7 Å². The molecule has 6 heteroatoms. The van der Waals surface area contributed by atoms with Crippen molar-refractivity contribution in [2.45, 2.75) is 30.9 Å². The summed E-state index contributed by atoms with van der Waals surface area (Å²) in [7, 11) is 0. The van der Waals surface area contributed by atoms with Crippen molar-refractivity contribution in [2.24, 2.45) is 0 Å². The predicted octanol–water partition coefficient (Wildman–Crippen LogP) is 0.780. The molecule has 3 N–H and O–H groups in total. The molecule has 0 radical (unpaired) electrons. The SMILES string of the molecule is CC(=O)NC(CSc1ccccc1)C(=O)NCC(C)O. The summed E-state index contributed by atoms with van der Waals surface area (Å²) in [6, 6.07) is 9.04. The highest BCUT2D eigenvalue weighted by atomic mass is 32.2. The number of hydrogen-bond acceptors (Lipinski definition) is 4. The molecule has 5 nitrogen and oxygen atoms in total. The molecule has 0 saturated carbocycles. The van der Waals surface area contributed by atoms with Crippen LogP contribution in [0.2, 0.25) is 0 Å². The minimum Gasteiger partial charge on any atom is -0.392 e. The maximum atomic E-state index is 12.0. The second-order valence-corrected chi connectivity index (χ2v) is 5.56. The molecule has 20 heavy (non-hydrogen) atoms. The molecule has 0 spiro atoms. The van der Waals surface area contributed by atoms with Gasteiger partial charge in [0.15, 0.2) is 0 Å². The zero-order valence-corrected chi connectivity index (χ0v) is 12.4. The van der Waals surface area contributed by atoms with E-state index < -0.39 is 12.1 Å². The first kappa shape index (κ1) is 16.5. The average molecular weight is 296 g/mol. The van der Waals surface area contributed by atoms with Crippen molar-refractivity contribution in [3.63, 3.8) is 0 Å². The van der Waals surface area contributed by atoms with Gasteiger partial charge < -0.3 is 15.7 Å². The van der Waals surface area contributed by atoms with Crippen LogP contribution in [0.1, 0.15) is 13.8 Å². The van der Waals surface area contributed by atoms with Crippen LogP contribution in [0.25, 0.3) is 0 Å². The maximum Gasteiger partial charge on any atom is 0.243 e. The predicted molar refractivity (Wildman–Crippen MR) is 79.5 cm³/mol. The van der Waals surface area contributed by atoms with Crippen molar-refractivity contribution < 1.29 is 14.7 Å². The lowest BCUT2D eigenvalue weighted by atomic mass is 10.3. The Kier molecular flexibility index (Phi) is 7.11. The Morgan fingerprint density at radius 3 is 2.50 bits per heavy atom. The Morgan fingerprint density at radius 1 is 1.30 bits per heavy atom. The molecule has 1 aromatic rings. The molecule has 110 valence electrons. The number of aliphatic hydroxyl groups is 1. The Labute approximate surface area is 123 Å². The van der Waals surface area contributed by atoms with Crippen LogP contribution in [-0.4, -0.2) is 41.4 Å². The fraction of sp³-hybridized carbons (Fsp3) is 0.429. The van der Waals surface area contributed by atoms with Gasteiger partial charge in [0.2, 0.25) is 11.8 Å². The van der Waals surface area contributed by atoms with Gasteiger partial charge in [0, 0.05) is 24.1 Å². The van der Waals surface area contributed by atoms with Crippen LogP contribution in [0.3, 0.4) is 0 Å². The highest BCUT2D eigenvalue weighted by molar-refractivity contribution is 7.99. The summed E-state index contributed by atoms with van der Waals surface area (Å²) >= 11 is 1.50. The first-order chi connectivity index (χ1) is 9.49. The number of thioether (sulfide) groups is 1. The fourth-order valence-electron chi connectivity index (χ4n) is 1.50. The topological polar surface area (TPSA) is 78.4 Å². The van der Waals surface area contributed by atoms with Crippen molar-refractivity contribution in [1.82, 2.24) is 10.6 Å². The number of amides is 2. The van der Waals surface area contributed by atoms with Gasteiger partial charge in [-0.3, -0.25) is 9.59 Å². The van der Waals surface area contributed by atoms with Crippen molar-refractivity contribution >= 4 is 23.6 Å². The van der Waals surface area contributed by atoms with Crippen LogP contribution in [-0.2, 0) is 9.59 Å². The second kappa shape index (κ2) is 8.60. The molecule has 1 rings (SSSR count). The first-order valence-corrected chi connectivity index (χ1v) is 7.38. The Morgan fingerprint density at radius 2 is 1.95 bits per heavy atom. The van der Waals surface area contributed by atoms with E-state index in [-0.39, 0.29) is 18.4 Å². The molecule has 0 aliphatic rings. The standard InChI is InChI=1S/C14H20N2O3S/c1-10(17)8-15-14(19)13(16-11(2)18)9-20-12-6-4-3-5-7-12/h3-7,10,13,17H,8-9H2,1-2H3,(H,15,19)(H,16,18). The van der Waals surface area contributed by atoms with Crippen molar-refractivity contribution in [3.8, 4) is 0 Å². The monoisotopic (exact) mass is 296 g/mol. The third-order valence-electron chi connectivity index (χ3n) is 2.43. The van der Waals surface area contributed by atoms with Gasteiger partial charge in [0.05, 0.1) is 6.10 Å². The highest BCUT2D eigenvalue weighted by Gasteiger charge is 2.19. The van der Waals surface area contributed by atoms with E-state index in [2.05, 4.69) is 10.6 Å². The van der Waals surface area contributed by atoms with Crippen LogP contribution in [0.5, 0.6) is 0 Å². The number of carbonyl (C=O) groups is 2. The van der Waals surface area contributed by atoms with Gasteiger partial charge >= 0.3 is 0 Å². The summed E-state index contributed by atoms with van der Waals surface area (Å²) in [5.41, 5.74) is 0. The molecule has 2 atom stereocenters. The van der Waals surface area contributed by atoms with Crippen LogP contribution >= 0.6 is 11.8 Å². The molecule has 0 fully saturated rings. The molecule has 0 aromatic heterocycles. The van der Waals surface area contributed by atoms with Gasteiger partial charge in [0.1, 0.15) is 6.04 Å². The van der Waals surface area contributed by atoms with Crippen molar-refractivity contribution in [2.75, 3.05) is 12.3 Å². The van der Waals surface area contributed by atoms with E-state index in [1.54, 1.807) is 6.92 Å². The molecule has 2 amide bonds. The molecule has 0 heterocycles. The zero-order valence-electron chi connectivity index (χ0n) is 11.6. The van der Waals surface area contributed by atoms with E-state index in [1.807, 2.05) is 30.3 Å². The Hall–Kier alpha value is -1.53. The summed E-state index contributed by atoms with van der Waals surface area (Å²) in [6.45, 7) is 3.14. The number of hydrogen-bond donors (Lipinski definition) is 3. The highest BCUT2D eigenvalue weighted by Crippen LogP contribution is 2.17. The normalized spacial score (nSPS) is 13.3. The molecular formula is C14H20N2O3S. The lowest BCUT2D eigenvalue weighted by Crippen LogP contribution is -2.48. The summed E-state index contributed by atoms with van der Waals surface area (Å²) < 4.78 is 0. The van der Waals surface area contributed by atoms with E-state index >= 15 is 0 Å². The lowest BCUT2D eigenvalue weighted by molar-refractivity contribution is -0.127. The summed E-state index contributed by atoms with van der Waals surface area (Å²) in [6.07, 6.45) is -0.612. The minimum absolute atomic E-state index is 0.172. The van der Waals surface area contributed by atoms with Gasteiger partial charge in [-0.1, -0.05) is 18.2 Å². The molecule has 0 bridgehead atoms. The quantitative estimate of drug-likeness (QED) is 0.650. The number of nitrogens with one attached hydrogen (secondary N) is 2. The minimum atomic E-state index is -0.614. The maximum absolute atomic E-state index is 12.0. The van der Waals surface area contributed by atoms with E-state index in [9.17, 15) is 9.59 Å². The van der Waals surface area contributed by atoms with Gasteiger partial charge in [0.25, 0.3) is 0 Å². The summed E-state index contributed by atoms with van der Waals surface area (Å²) in [4.78, 5) is 24.1. The van der Waals surface area contributed by atoms with Crippen molar-refractivity contribution in [1.29, 1.82) is 0 Å². The van der Waals surface area contributed by atoms with Crippen LogP contribution in [0, 0.1) is 0 Å². The summed E-state index contributed by atoms with van der Waals surface area (Å²) in [5.74, 6) is -0.102. The van der Waals surface area contributed by atoms with Gasteiger partial charge in [-0.2, -0.15) is 0 Å². The van der Waals surface area contributed by atoms with Crippen LogP contribution in [0.15, 0.2) is 35.2 Å². The molecule has 0 saturated heterocycles. The largest absolute Gasteiger partial charge is 0.392 e. The van der Waals surface area contributed by atoms with Crippen LogP contribution < -0.4 is 10.6 Å². The van der Waals surface area contributed by atoms with Crippen molar-refractivity contribution in [3.05, 3.63) is 30.3 Å². The fourth-order valence-corrected chi connectivity index (χ4v) is 2.44. The molecule has 2 unspecified atom stereocenters. The van der Waals surface area contributed by atoms with E-state index in [0.717, 1.165) is 4.90 Å². The third-order valence-corrected chi connectivity index (χ3v) is 3.53. The summed E-state index contributed by atoms with van der Waals surface area (Å²) in [5, 5.41) is 14.4. The molecule has 0 aliphatic heterocycles. The average Bonchev–Trinajstić information content (AvgIpc) is 2.41. The van der Waals surface area contributed by atoms with E-state index in [0.29, 0.717) is 5.75 Å². The number of benzene rings is 1. The second-order valence-electron chi connectivity index (χ2n) is 4.47. The Balaban J connectivity index is 2.55. The Bertz CT molecular complexity index is 437. The van der Waals surface area contributed by atoms with Gasteiger partial charge in [-0.05, 0) is 19.1 Å². The third kappa shape index (κ3) is 6.58.